The predicted octanol–water partition coefficient (Wildman–Crippen LogP) is 3.76. The van der Waals surface area contributed by atoms with Gasteiger partial charge in [-0.2, -0.15) is 0 Å². The molecule has 3 N–H and O–H groups in total. The molecule has 2 aromatic carbocycles. The first-order valence-corrected chi connectivity index (χ1v) is 12.7. The second-order valence-electron chi connectivity index (χ2n) is 9.47. The van der Waals surface area contributed by atoms with Gasteiger partial charge in [-0.1, -0.05) is 23.7 Å². The molecular formula is C27H31ClN4O4. The fourth-order valence-corrected chi connectivity index (χ4v) is 5.36. The van der Waals surface area contributed by atoms with Gasteiger partial charge in [0.2, 0.25) is 5.88 Å². The summed E-state index contributed by atoms with van der Waals surface area (Å²) in [5.41, 5.74) is 3.15. The first-order chi connectivity index (χ1) is 17.5. The van der Waals surface area contributed by atoms with Crippen molar-refractivity contribution in [2.24, 2.45) is 5.92 Å². The number of nitrogens with one attached hydrogen (secondary N) is 2. The van der Waals surface area contributed by atoms with Crippen LogP contribution >= 0.6 is 11.6 Å². The molecule has 2 atom stereocenters. The Labute approximate surface area is 215 Å². The van der Waals surface area contributed by atoms with Gasteiger partial charge in [0, 0.05) is 41.7 Å². The van der Waals surface area contributed by atoms with Crippen molar-refractivity contribution in [1.29, 1.82) is 0 Å². The molecule has 9 heteroatoms. The summed E-state index contributed by atoms with van der Waals surface area (Å²) in [4.78, 5) is 18.4. The third-order valence-electron chi connectivity index (χ3n) is 6.84. The maximum Gasteiger partial charge on any atom is 0.262 e. The highest BCUT2D eigenvalue weighted by Crippen LogP contribution is 2.33. The molecule has 8 nitrogen and oxygen atoms in total. The minimum Gasteiger partial charge on any atom is -0.482 e. The van der Waals surface area contributed by atoms with Gasteiger partial charge in [-0.25, -0.2) is 4.98 Å². The number of benzene rings is 2. The third-order valence-corrected chi connectivity index (χ3v) is 7.17. The molecule has 0 radical (unpaired) electrons. The van der Waals surface area contributed by atoms with Crippen molar-refractivity contribution in [1.82, 2.24) is 15.2 Å². The average molecular weight is 511 g/mol. The highest BCUT2D eigenvalue weighted by molar-refractivity contribution is 6.32. The van der Waals surface area contributed by atoms with Crippen LogP contribution < -0.4 is 20.1 Å². The lowest BCUT2D eigenvalue weighted by Gasteiger charge is -2.34. The molecule has 1 aromatic heterocycles. The number of aromatic nitrogens is 1. The van der Waals surface area contributed by atoms with Crippen LogP contribution in [-0.4, -0.2) is 60.8 Å². The number of nitrogens with zero attached hydrogens (tertiary/aromatic N) is 2. The lowest BCUT2D eigenvalue weighted by atomic mass is 9.96. The molecule has 36 heavy (non-hydrogen) atoms. The van der Waals surface area contributed by atoms with Crippen LogP contribution in [0.3, 0.4) is 0 Å². The summed E-state index contributed by atoms with van der Waals surface area (Å²) in [5.74, 6) is 1.56. The van der Waals surface area contributed by atoms with Crippen LogP contribution in [0.2, 0.25) is 5.02 Å². The zero-order chi connectivity index (χ0) is 25.1. The maximum atomic E-state index is 11.6. The number of piperidine rings is 1. The largest absolute Gasteiger partial charge is 0.482 e. The lowest BCUT2D eigenvalue weighted by molar-refractivity contribution is -0.118. The maximum absolute atomic E-state index is 11.6. The number of carbonyl (C=O) groups is 1. The number of fused-ring (bicyclic) bond motifs is 2. The Morgan fingerprint density at radius 3 is 3.03 bits per heavy atom. The normalized spacial score (nSPS) is 18.9. The van der Waals surface area contributed by atoms with Gasteiger partial charge < -0.3 is 30.1 Å². The van der Waals surface area contributed by atoms with Crippen molar-refractivity contribution < 1.29 is 19.4 Å². The average Bonchev–Trinajstić information content (AvgIpc) is 2.88. The van der Waals surface area contributed by atoms with Gasteiger partial charge in [-0.15, -0.1) is 0 Å². The van der Waals surface area contributed by atoms with Crippen LogP contribution in [0.5, 0.6) is 11.6 Å². The Hall–Kier alpha value is -2.91. The zero-order valence-electron chi connectivity index (χ0n) is 20.3. The smallest absolute Gasteiger partial charge is 0.262 e. The number of likely N-dealkylation sites (tertiary alicyclic amines) is 1. The van der Waals surface area contributed by atoms with Crippen molar-refractivity contribution in [3.63, 3.8) is 0 Å². The summed E-state index contributed by atoms with van der Waals surface area (Å²) in [7, 11) is 1.58. The number of anilines is 1. The van der Waals surface area contributed by atoms with E-state index in [0.29, 0.717) is 46.7 Å². The summed E-state index contributed by atoms with van der Waals surface area (Å²) < 4.78 is 10.7. The van der Waals surface area contributed by atoms with E-state index >= 15 is 0 Å². The molecule has 2 aliphatic heterocycles. The van der Waals surface area contributed by atoms with E-state index in [2.05, 4.69) is 20.5 Å². The molecule has 0 saturated carbocycles. The van der Waals surface area contributed by atoms with Crippen LogP contribution in [0.4, 0.5) is 5.69 Å². The predicted molar refractivity (Wildman–Crippen MR) is 140 cm³/mol. The number of methoxy groups -OCH3 is 1. The number of hydrogen-bond acceptors (Lipinski definition) is 7. The van der Waals surface area contributed by atoms with E-state index in [1.165, 1.54) is 0 Å². The Morgan fingerprint density at radius 1 is 1.31 bits per heavy atom. The Balaban J connectivity index is 1.18. The number of β-amino-alcohol motifs (C(OH)–C–C–N with tert-alkyl or cyclic N) is 1. The fraction of sp³-hybridized carbons (Fsp3) is 0.407. The lowest BCUT2D eigenvalue weighted by Crippen LogP contribution is -2.41. The van der Waals surface area contributed by atoms with E-state index in [-0.39, 0.29) is 12.5 Å². The van der Waals surface area contributed by atoms with E-state index in [0.717, 1.165) is 49.1 Å². The number of amides is 1. The molecule has 1 amide bonds. The minimum absolute atomic E-state index is 0.0644. The highest BCUT2D eigenvalue weighted by Gasteiger charge is 2.25. The fourth-order valence-electron chi connectivity index (χ4n) is 5.08. The Kier molecular flexibility index (Phi) is 7.57. The van der Waals surface area contributed by atoms with Crippen LogP contribution in [0.25, 0.3) is 10.9 Å². The van der Waals surface area contributed by atoms with E-state index < -0.39 is 6.10 Å². The highest BCUT2D eigenvalue weighted by atomic mass is 35.5. The van der Waals surface area contributed by atoms with E-state index in [1.807, 2.05) is 42.5 Å². The summed E-state index contributed by atoms with van der Waals surface area (Å²) in [6, 6.07) is 13.3. The number of pyridine rings is 1. The van der Waals surface area contributed by atoms with Crippen LogP contribution in [-0.2, 0) is 11.3 Å². The SMILES string of the molecule is COc1ccc2ccc(Cl)c(C(O)CN3CCCC(CNCc4ccc5c(c4)NC(=O)CO5)C3)c2n1. The molecule has 3 aromatic rings. The number of hydrogen-bond donors (Lipinski definition) is 3. The van der Waals surface area contributed by atoms with Gasteiger partial charge >= 0.3 is 0 Å². The molecule has 0 bridgehead atoms. The molecule has 2 aliphatic rings. The summed E-state index contributed by atoms with van der Waals surface area (Å²) in [6.07, 6.45) is 1.47. The molecule has 1 saturated heterocycles. The van der Waals surface area contributed by atoms with Gasteiger partial charge in [0.15, 0.2) is 6.61 Å². The third kappa shape index (κ3) is 5.57. The molecule has 0 aliphatic carbocycles. The number of halogens is 1. The second kappa shape index (κ2) is 11.0. The number of aliphatic hydroxyl groups excluding tert-OH is 1. The van der Waals surface area contributed by atoms with E-state index in [4.69, 9.17) is 21.1 Å². The van der Waals surface area contributed by atoms with Gasteiger partial charge in [-0.3, -0.25) is 4.79 Å². The first-order valence-electron chi connectivity index (χ1n) is 12.3. The molecule has 3 heterocycles. The monoisotopic (exact) mass is 510 g/mol. The molecular weight excluding hydrogens is 480 g/mol. The summed E-state index contributed by atoms with van der Waals surface area (Å²) in [5, 5.41) is 19.0. The molecule has 190 valence electrons. The van der Waals surface area contributed by atoms with Crippen LogP contribution in [0.15, 0.2) is 42.5 Å². The second-order valence-corrected chi connectivity index (χ2v) is 9.88. The molecule has 1 fully saturated rings. The van der Waals surface area contributed by atoms with E-state index in [9.17, 15) is 9.90 Å². The minimum atomic E-state index is -0.750. The Morgan fingerprint density at radius 2 is 2.17 bits per heavy atom. The first kappa shape index (κ1) is 24.8. The number of carbonyl (C=O) groups excluding carboxylic acids is 1. The molecule has 5 rings (SSSR count). The van der Waals surface area contributed by atoms with Crippen LogP contribution in [0.1, 0.15) is 30.1 Å². The van der Waals surface area contributed by atoms with Gasteiger partial charge in [0.1, 0.15) is 5.75 Å². The van der Waals surface area contributed by atoms with Crippen LogP contribution in [0, 0.1) is 5.92 Å². The topological polar surface area (TPSA) is 96.0 Å². The number of aliphatic hydroxyl groups is 1. The molecule has 2 unspecified atom stereocenters. The van der Waals surface area contributed by atoms with Crippen molar-refractivity contribution in [2.75, 3.05) is 45.2 Å². The standard InChI is InChI=1S/C27H31ClN4O4/c1-35-25-9-6-19-5-7-20(28)26(27(19)31-25)22(33)15-32-10-2-3-18(14-32)13-29-12-17-4-8-23-21(11-17)30-24(34)16-36-23/h4-9,11,18,22,29,33H,2-3,10,12-16H2,1H3,(H,30,34). The van der Waals surface area contributed by atoms with Gasteiger partial charge in [0.25, 0.3) is 5.91 Å². The van der Waals surface area contributed by atoms with Crippen molar-refractivity contribution >= 4 is 34.1 Å². The van der Waals surface area contributed by atoms with Crippen molar-refractivity contribution in [2.45, 2.75) is 25.5 Å². The Bertz CT molecular complexity index is 1250. The summed E-state index contributed by atoms with van der Waals surface area (Å²) in [6.45, 7) is 3.99. The number of rotatable bonds is 8. The van der Waals surface area contributed by atoms with Crippen molar-refractivity contribution in [3.8, 4) is 11.6 Å². The zero-order valence-corrected chi connectivity index (χ0v) is 21.1. The van der Waals surface area contributed by atoms with Gasteiger partial charge in [0.05, 0.1) is 24.4 Å². The van der Waals surface area contributed by atoms with Crippen molar-refractivity contribution in [3.05, 3.63) is 58.6 Å². The van der Waals surface area contributed by atoms with Gasteiger partial charge in [-0.05, 0) is 61.7 Å². The summed E-state index contributed by atoms with van der Waals surface area (Å²) >= 11 is 6.52. The quantitative estimate of drug-likeness (QED) is 0.424. The number of ether oxygens (including phenoxy) is 2. The van der Waals surface area contributed by atoms with E-state index in [1.54, 1.807) is 7.11 Å². The molecule has 0 spiro atoms.